The summed E-state index contributed by atoms with van der Waals surface area (Å²) < 4.78 is 8.27. The van der Waals surface area contributed by atoms with Crippen molar-refractivity contribution in [3.63, 3.8) is 0 Å². The van der Waals surface area contributed by atoms with Crippen LogP contribution in [0.2, 0.25) is 5.02 Å². The van der Waals surface area contributed by atoms with E-state index in [4.69, 9.17) is 11.6 Å². The largest absolute Gasteiger partial charge is 0.322 e. The van der Waals surface area contributed by atoms with Crippen molar-refractivity contribution in [1.82, 2.24) is 8.75 Å². The molecule has 4 aromatic rings. The number of benzene rings is 3. The highest BCUT2D eigenvalue weighted by molar-refractivity contribution is 7.00. The Morgan fingerprint density at radius 3 is 2.29 bits per heavy atom. The Morgan fingerprint density at radius 1 is 0.786 bits per heavy atom. The van der Waals surface area contributed by atoms with Gasteiger partial charge in [-0.25, -0.2) is 0 Å². The molecule has 0 aliphatic heterocycles. The molecule has 0 saturated carbocycles. The number of aromatic nitrogens is 2. The van der Waals surface area contributed by atoms with E-state index >= 15 is 0 Å². The first kappa shape index (κ1) is 18.1. The first-order valence-electron chi connectivity index (χ1n) is 8.30. The van der Waals surface area contributed by atoms with Gasteiger partial charge in [-0.15, -0.1) is 0 Å². The van der Waals surface area contributed by atoms with Crippen LogP contribution in [0, 0.1) is 0 Å². The van der Waals surface area contributed by atoms with Crippen molar-refractivity contribution in [1.29, 1.82) is 0 Å². The number of amides is 2. The van der Waals surface area contributed by atoms with Crippen molar-refractivity contribution in [2.24, 2.45) is 0 Å². The minimum atomic E-state index is -0.324. The summed E-state index contributed by atoms with van der Waals surface area (Å²) in [5.41, 5.74) is 3.39. The Balaban J connectivity index is 1.49. The van der Waals surface area contributed by atoms with Crippen molar-refractivity contribution in [2.45, 2.75) is 0 Å². The van der Waals surface area contributed by atoms with Crippen LogP contribution in [-0.2, 0) is 0 Å². The van der Waals surface area contributed by atoms with Crippen molar-refractivity contribution < 1.29 is 9.59 Å². The summed E-state index contributed by atoms with van der Waals surface area (Å²) in [5.74, 6) is -0.597. The van der Waals surface area contributed by atoms with Crippen molar-refractivity contribution in [3.8, 4) is 0 Å². The molecule has 4 rings (SSSR count). The fraction of sp³-hybridized carbons (Fsp3) is 0. The Bertz CT molecular complexity index is 1190. The first-order valence-corrected chi connectivity index (χ1v) is 9.40. The monoisotopic (exact) mass is 408 g/mol. The van der Waals surface area contributed by atoms with Crippen LogP contribution in [0.15, 0.2) is 66.7 Å². The number of hydrogen-bond acceptors (Lipinski definition) is 5. The zero-order valence-electron chi connectivity index (χ0n) is 14.3. The van der Waals surface area contributed by atoms with Crippen LogP contribution >= 0.6 is 23.3 Å². The average Bonchev–Trinajstić information content (AvgIpc) is 3.16. The number of hydrogen-bond donors (Lipinski definition) is 2. The quantitative estimate of drug-likeness (QED) is 0.505. The van der Waals surface area contributed by atoms with Gasteiger partial charge in [-0.3, -0.25) is 9.59 Å². The Morgan fingerprint density at radius 2 is 1.50 bits per heavy atom. The van der Waals surface area contributed by atoms with Gasteiger partial charge in [-0.2, -0.15) is 8.75 Å². The summed E-state index contributed by atoms with van der Waals surface area (Å²) in [6.07, 6.45) is 0. The molecule has 0 radical (unpaired) electrons. The van der Waals surface area contributed by atoms with Crippen LogP contribution in [0.5, 0.6) is 0 Å². The van der Waals surface area contributed by atoms with E-state index in [9.17, 15) is 9.59 Å². The zero-order chi connectivity index (χ0) is 19.5. The average molecular weight is 409 g/mol. The normalized spacial score (nSPS) is 10.6. The summed E-state index contributed by atoms with van der Waals surface area (Å²) in [6.45, 7) is 0. The molecule has 1 heterocycles. The summed E-state index contributed by atoms with van der Waals surface area (Å²) in [4.78, 5) is 24.9. The Labute approximate surface area is 169 Å². The van der Waals surface area contributed by atoms with E-state index in [-0.39, 0.29) is 11.8 Å². The third-order valence-corrected chi connectivity index (χ3v) is 4.90. The van der Waals surface area contributed by atoms with Gasteiger partial charge in [0.15, 0.2) is 0 Å². The lowest BCUT2D eigenvalue weighted by Gasteiger charge is -2.10. The molecule has 0 atom stereocenters. The standard InChI is InChI=1S/C20H13ClN4O2S/c21-16-7-2-1-6-15(16)20(27)23-14-5-3-4-13(11-14)22-19(26)12-8-9-17-18(10-12)25-28-24-17/h1-11H,(H,22,26)(H,23,27). The number of fused-ring (bicyclic) bond motifs is 1. The molecule has 2 N–H and O–H groups in total. The third kappa shape index (κ3) is 3.85. The fourth-order valence-electron chi connectivity index (χ4n) is 2.65. The lowest BCUT2D eigenvalue weighted by atomic mass is 10.1. The van der Waals surface area contributed by atoms with Gasteiger partial charge >= 0.3 is 0 Å². The molecule has 0 fully saturated rings. The Hall–Kier alpha value is -3.29. The maximum absolute atomic E-state index is 12.5. The molecule has 3 aromatic carbocycles. The number of nitrogens with one attached hydrogen (secondary N) is 2. The van der Waals surface area contributed by atoms with E-state index in [0.717, 1.165) is 17.2 Å². The van der Waals surface area contributed by atoms with Crippen LogP contribution in [0.1, 0.15) is 20.7 Å². The fourth-order valence-corrected chi connectivity index (χ4v) is 3.38. The smallest absolute Gasteiger partial charge is 0.257 e. The minimum Gasteiger partial charge on any atom is -0.322 e. The van der Waals surface area contributed by atoms with Gasteiger partial charge in [0.05, 0.1) is 22.3 Å². The molecule has 2 amide bonds. The van der Waals surface area contributed by atoms with Crippen LogP contribution in [-0.4, -0.2) is 20.6 Å². The minimum absolute atomic E-state index is 0.274. The molecule has 28 heavy (non-hydrogen) atoms. The van der Waals surface area contributed by atoms with Gasteiger partial charge in [0, 0.05) is 16.9 Å². The molecular formula is C20H13ClN4O2S. The van der Waals surface area contributed by atoms with E-state index in [1.165, 1.54) is 0 Å². The maximum atomic E-state index is 12.5. The van der Waals surface area contributed by atoms with Gasteiger partial charge in [0.1, 0.15) is 11.0 Å². The molecule has 138 valence electrons. The van der Waals surface area contributed by atoms with E-state index in [2.05, 4.69) is 19.4 Å². The van der Waals surface area contributed by atoms with Crippen molar-refractivity contribution >= 4 is 57.6 Å². The topological polar surface area (TPSA) is 84.0 Å². The van der Waals surface area contributed by atoms with Crippen LogP contribution in [0.25, 0.3) is 11.0 Å². The maximum Gasteiger partial charge on any atom is 0.257 e. The van der Waals surface area contributed by atoms with E-state index in [0.29, 0.717) is 33.0 Å². The van der Waals surface area contributed by atoms with Gasteiger partial charge in [-0.05, 0) is 48.5 Å². The third-order valence-electron chi connectivity index (χ3n) is 4.01. The van der Waals surface area contributed by atoms with Crippen LogP contribution in [0.4, 0.5) is 11.4 Å². The number of anilines is 2. The number of carbonyl (C=O) groups is 2. The Kier molecular flexibility index (Phi) is 5.01. The highest BCUT2D eigenvalue weighted by atomic mass is 35.5. The second-order valence-corrected chi connectivity index (χ2v) is 6.87. The molecule has 6 nitrogen and oxygen atoms in total. The van der Waals surface area contributed by atoms with Crippen LogP contribution < -0.4 is 10.6 Å². The predicted octanol–water partition coefficient (Wildman–Crippen LogP) is 4.85. The molecule has 1 aromatic heterocycles. The molecule has 0 unspecified atom stereocenters. The second kappa shape index (κ2) is 7.75. The van der Waals surface area contributed by atoms with Gasteiger partial charge in [0.2, 0.25) is 0 Å². The highest BCUT2D eigenvalue weighted by Crippen LogP contribution is 2.20. The van der Waals surface area contributed by atoms with E-state index in [1.54, 1.807) is 66.7 Å². The van der Waals surface area contributed by atoms with E-state index in [1.807, 2.05) is 0 Å². The summed E-state index contributed by atoms with van der Waals surface area (Å²) >= 11 is 7.16. The molecule has 0 bridgehead atoms. The second-order valence-electron chi connectivity index (χ2n) is 5.94. The number of carbonyl (C=O) groups excluding carboxylic acids is 2. The molecule has 0 spiro atoms. The van der Waals surface area contributed by atoms with Crippen molar-refractivity contribution in [3.05, 3.63) is 82.9 Å². The number of rotatable bonds is 4. The molecule has 8 heteroatoms. The van der Waals surface area contributed by atoms with Crippen molar-refractivity contribution in [2.75, 3.05) is 10.6 Å². The van der Waals surface area contributed by atoms with E-state index < -0.39 is 0 Å². The SMILES string of the molecule is O=C(Nc1cccc(NC(=O)c2ccccc2Cl)c1)c1ccc2nsnc2c1. The number of nitrogens with zero attached hydrogens (tertiary/aromatic N) is 2. The lowest BCUT2D eigenvalue weighted by Crippen LogP contribution is -2.14. The van der Waals surface area contributed by atoms with Gasteiger partial charge in [-0.1, -0.05) is 29.8 Å². The summed E-state index contributed by atoms with van der Waals surface area (Å²) in [6, 6.07) is 18.8. The van der Waals surface area contributed by atoms with Crippen LogP contribution in [0.3, 0.4) is 0 Å². The molecule has 0 aliphatic carbocycles. The zero-order valence-corrected chi connectivity index (χ0v) is 15.9. The first-order chi connectivity index (χ1) is 13.6. The molecule has 0 saturated heterocycles. The summed E-state index contributed by atoms with van der Waals surface area (Å²) in [5, 5.41) is 5.97. The number of halogens is 1. The van der Waals surface area contributed by atoms with Gasteiger partial charge in [0.25, 0.3) is 11.8 Å². The highest BCUT2D eigenvalue weighted by Gasteiger charge is 2.12. The summed E-state index contributed by atoms with van der Waals surface area (Å²) in [7, 11) is 0. The molecular weight excluding hydrogens is 396 g/mol. The van der Waals surface area contributed by atoms with Gasteiger partial charge < -0.3 is 10.6 Å². The predicted molar refractivity (Wildman–Crippen MR) is 111 cm³/mol. The lowest BCUT2D eigenvalue weighted by molar-refractivity contribution is 0.101. The molecule has 0 aliphatic rings.